The fraction of sp³-hybridized carbons (Fsp3) is 0.0909. The van der Waals surface area contributed by atoms with Gasteiger partial charge >= 0.3 is 0 Å². The first-order valence-electron chi connectivity index (χ1n) is 9.36. The number of aromatic nitrogens is 2. The summed E-state index contributed by atoms with van der Waals surface area (Å²) in [4.78, 5) is 9.27. The van der Waals surface area contributed by atoms with Crippen molar-refractivity contribution in [1.29, 1.82) is 0 Å². The Hall–Kier alpha value is -3.49. The number of nitrogens with one attached hydrogen (secondary N) is 3. The minimum Gasteiger partial charge on any atom is -0.340 e. The summed E-state index contributed by atoms with van der Waals surface area (Å²) in [5, 5.41) is 7.50. The Morgan fingerprint density at radius 2 is 1.43 bits per heavy atom. The molecular weight excluding hydrogens is 398 g/mol. The van der Waals surface area contributed by atoms with E-state index in [0.717, 1.165) is 34.1 Å². The quantitative estimate of drug-likeness (QED) is 0.416. The van der Waals surface area contributed by atoms with Crippen LogP contribution in [0.2, 0.25) is 0 Å². The SMILES string of the molecule is CS(=O)(=O)NCc1ccc(Nc2nc(Nc3ccccc3)c3ccccc3n2)cc1. The number of rotatable bonds is 7. The average molecular weight is 420 g/mol. The number of sulfonamides is 1. The van der Waals surface area contributed by atoms with Crippen LogP contribution < -0.4 is 15.4 Å². The molecule has 4 rings (SSSR count). The van der Waals surface area contributed by atoms with Crippen molar-refractivity contribution < 1.29 is 8.42 Å². The molecule has 0 bridgehead atoms. The third-order valence-corrected chi connectivity index (χ3v) is 5.06. The van der Waals surface area contributed by atoms with Crippen molar-refractivity contribution in [2.45, 2.75) is 6.54 Å². The van der Waals surface area contributed by atoms with Gasteiger partial charge in [-0.2, -0.15) is 4.98 Å². The third-order valence-electron chi connectivity index (χ3n) is 4.39. The average Bonchev–Trinajstić information content (AvgIpc) is 2.73. The molecule has 3 aromatic carbocycles. The monoisotopic (exact) mass is 419 g/mol. The Balaban J connectivity index is 1.58. The van der Waals surface area contributed by atoms with Crippen LogP contribution >= 0.6 is 0 Å². The van der Waals surface area contributed by atoms with Crippen LogP contribution in [-0.2, 0) is 16.6 Å². The maximum absolute atomic E-state index is 11.2. The van der Waals surface area contributed by atoms with Crippen LogP contribution in [0.15, 0.2) is 78.9 Å². The van der Waals surface area contributed by atoms with Gasteiger partial charge in [-0.1, -0.05) is 42.5 Å². The van der Waals surface area contributed by atoms with Crippen LogP contribution in [0.1, 0.15) is 5.56 Å². The molecule has 0 radical (unpaired) electrons. The van der Waals surface area contributed by atoms with Gasteiger partial charge < -0.3 is 10.6 Å². The van der Waals surface area contributed by atoms with Gasteiger partial charge in [-0.25, -0.2) is 18.1 Å². The van der Waals surface area contributed by atoms with E-state index in [1.54, 1.807) is 0 Å². The van der Waals surface area contributed by atoms with Crippen LogP contribution in [0.4, 0.5) is 23.1 Å². The summed E-state index contributed by atoms with van der Waals surface area (Å²) >= 11 is 0. The van der Waals surface area contributed by atoms with Crippen LogP contribution in [0.25, 0.3) is 10.9 Å². The van der Waals surface area contributed by atoms with E-state index in [0.29, 0.717) is 11.8 Å². The number of benzene rings is 3. The molecule has 4 aromatic rings. The van der Waals surface area contributed by atoms with Crippen molar-refractivity contribution in [3.63, 3.8) is 0 Å². The predicted molar refractivity (Wildman–Crippen MR) is 121 cm³/mol. The van der Waals surface area contributed by atoms with E-state index < -0.39 is 10.0 Å². The zero-order valence-corrected chi connectivity index (χ0v) is 17.1. The molecule has 7 nitrogen and oxygen atoms in total. The number of hydrogen-bond donors (Lipinski definition) is 3. The summed E-state index contributed by atoms with van der Waals surface area (Å²) in [6, 6.07) is 25.1. The topological polar surface area (TPSA) is 96.0 Å². The molecule has 0 unspecified atom stereocenters. The van der Waals surface area contributed by atoms with Gasteiger partial charge in [0.2, 0.25) is 16.0 Å². The first kappa shape index (κ1) is 19.8. The van der Waals surface area contributed by atoms with Crippen LogP contribution in [0.3, 0.4) is 0 Å². The molecule has 0 saturated heterocycles. The van der Waals surface area contributed by atoms with Gasteiger partial charge in [-0.15, -0.1) is 0 Å². The van der Waals surface area contributed by atoms with Crippen molar-refractivity contribution in [1.82, 2.24) is 14.7 Å². The molecule has 0 saturated carbocycles. The molecule has 0 amide bonds. The predicted octanol–water partition coefficient (Wildman–Crippen LogP) is 4.17. The second-order valence-electron chi connectivity index (χ2n) is 6.82. The maximum Gasteiger partial charge on any atom is 0.229 e. The number of hydrogen-bond acceptors (Lipinski definition) is 6. The number of nitrogens with zero attached hydrogens (tertiary/aromatic N) is 2. The summed E-state index contributed by atoms with van der Waals surface area (Å²) in [6.45, 7) is 0.247. The molecule has 3 N–H and O–H groups in total. The van der Waals surface area contributed by atoms with Gasteiger partial charge in [0, 0.05) is 23.3 Å². The van der Waals surface area contributed by atoms with E-state index in [4.69, 9.17) is 0 Å². The molecule has 0 aliphatic rings. The molecular formula is C22H21N5O2S. The minimum absolute atomic E-state index is 0.247. The summed E-state index contributed by atoms with van der Waals surface area (Å²) in [5.74, 6) is 1.18. The summed E-state index contributed by atoms with van der Waals surface area (Å²) in [5.41, 5.74) is 3.42. The molecule has 0 aliphatic carbocycles. The fourth-order valence-corrected chi connectivity index (χ4v) is 3.36. The van der Waals surface area contributed by atoms with Gasteiger partial charge in [-0.3, -0.25) is 0 Å². The molecule has 1 aromatic heterocycles. The second kappa shape index (κ2) is 8.48. The van der Waals surface area contributed by atoms with Crippen molar-refractivity contribution in [2.75, 3.05) is 16.9 Å². The zero-order chi connectivity index (χ0) is 21.0. The van der Waals surface area contributed by atoms with E-state index in [-0.39, 0.29) is 6.54 Å². The van der Waals surface area contributed by atoms with Crippen LogP contribution in [0, 0.1) is 0 Å². The lowest BCUT2D eigenvalue weighted by molar-refractivity contribution is 0.587. The van der Waals surface area contributed by atoms with E-state index in [2.05, 4.69) is 25.3 Å². The molecule has 30 heavy (non-hydrogen) atoms. The van der Waals surface area contributed by atoms with Crippen molar-refractivity contribution >= 4 is 44.1 Å². The van der Waals surface area contributed by atoms with E-state index in [1.165, 1.54) is 0 Å². The standard InChI is InChI=1S/C22H21N5O2S/c1-30(28,29)23-15-16-11-13-18(14-12-16)25-22-26-20-10-6-5-9-19(20)21(27-22)24-17-7-3-2-4-8-17/h2-14,23H,15H2,1H3,(H2,24,25,26,27). The van der Waals surface area contributed by atoms with E-state index in [1.807, 2.05) is 78.9 Å². The normalized spacial score (nSPS) is 11.4. The molecule has 8 heteroatoms. The van der Waals surface area contributed by atoms with Crippen molar-refractivity contribution in [2.24, 2.45) is 0 Å². The van der Waals surface area contributed by atoms with Crippen molar-refractivity contribution in [3.8, 4) is 0 Å². The molecule has 0 fully saturated rings. The molecule has 0 atom stereocenters. The third kappa shape index (κ3) is 5.11. The number of fused-ring (bicyclic) bond motifs is 1. The first-order chi connectivity index (χ1) is 14.5. The summed E-state index contributed by atoms with van der Waals surface area (Å²) < 4.78 is 25.0. The fourth-order valence-electron chi connectivity index (χ4n) is 2.94. The van der Waals surface area contributed by atoms with Crippen molar-refractivity contribution in [3.05, 3.63) is 84.4 Å². The Labute approximate surface area is 175 Å². The Morgan fingerprint density at radius 1 is 0.767 bits per heavy atom. The maximum atomic E-state index is 11.2. The highest BCUT2D eigenvalue weighted by molar-refractivity contribution is 7.88. The van der Waals surface area contributed by atoms with Gasteiger partial charge in [-0.05, 0) is 42.0 Å². The molecule has 1 heterocycles. The van der Waals surface area contributed by atoms with E-state index in [9.17, 15) is 8.42 Å². The Kier molecular flexibility index (Phi) is 5.60. The zero-order valence-electron chi connectivity index (χ0n) is 16.3. The number of anilines is 4. The molecule has 152 valence electrons. The van der Waals surface area contributed by atoms with Gasteiger partial charge in [0.1, 0.15) is 5.82 Å². The smallest absolute Gasteiger partial charge is 0.229 e. The second-order valence-corrected chi connectivity index (χ2v) is 8.65. The Morgan fingerprint density at radius 3 is 2.17 bits per heavy atom. The lowest BCUT2D eigenvalue weighted by atomic mass is 10.2. The van der Waals surface area contributed by atoms with Gasteiger partial charge in [0.25, 0.3) is 0 Å². The highest BCUT2D eigenvalue weighted by Gasteiger charge is 2.09. The van der Waals surface area contributed by atoms with E-state index >= 15 is 0 Å². The molecule has 0 spiro atoms. The lowest BCUT2D eigenvalue weighted by Gasteiger charge is -2.12. The van der Waals surface area contributed by atoms with Gasteiger partial charge in [0.15, 0.2) is 0 Å². The summed E-state index contributed by atoms with van der Waals surface area (Å²) in [7, 11) is -3.23. The Bertz CT molecular complexity index is 1260. The summed E-state index contributed by atoms with van der Waals surface area (Å²) in [6.07, 6.45) is 1.14. The van der Waals surface area contributed by atoms with Crippen LogP contribution in [0.5, 0.6) is 0 Å². The first-order valence-corrected chi connectivity index (χ1v) is 11.2. The molecule has 0 aliphatic heterocycles. The largest absolute Gasteiger partial charge is 0.340 e. The minimum atomic E-state index is -3.23. The van der Waals surface area contributed by atoms with Gasteiger partial charge in [0.05, 0.1) is 11.8 Å². The lowest BCUT2D eigenvalue weighted by Crippen LogP contribution is -2.21. The highest BCUT2D eigenvalue weighted by Crippen LogP contribution is 2.26. The highest BCUT2D eigenvalue weighted by atomic mass is 32.2. The number of para-hydroxylation sites is 2. The van der Waals surface area contributed by atoms with Crippen LogP contribution in [-0.4, -0.2) is 24.6 Å².